The van der Waals surface area contributed by atoms with Crippen LogP contribution in [0.25, 0.3) is 0 Å². The molecule has 3 nitrogen and oxygen atoms in total. The topological polar surface area (TPSA) is 40.4 Å². The van der Waals surface area contributed by atoms with Crippen molar-refractivity contribution in [1.82, 2.24) is 5.48 Å². The second kappa shape index (κ2) is 5.56. The lowest BCUT2D eigenvalue weighted by Crippen LogP contribution is -2.19. The molecular formula is C6H11NO2. The predicted octanol–water partition coefficient (Wildman–Crippen LogP) is 0.778. The number of hydrogen-bond acceptors (Lipinski definition) is 2. The Morgan fingerprint density at radius 2 is 2.11 bits per heavy atom. The van der Waals surface area contributed by atoms with E-state index in [1.807, 2.05) is 13.8 Å². The lowest BCUT2D eigenvalue weighted by Gasteiger charge is -2.06. The largest absolute Gasteiger partial charge is 0.439 e. The van der Waals surface area contributed by atoms with Crippen LogP contribution in [0.5, 0.6) is 0 Å². The second-order valence-electron chi connectivity index (χ2n) is 1.75. The van der Waals surface area contributed by atoms with Gasteiger partial charge in [0.05, 0.1) is 6.04 Å². The quantitative estimate of drug-likeness (QED) is 0.514. The molecule has 0 aliphatic rings. The molecule has 0 aliphatic carbocycles. The van der Waals surface area contributed by atoms with Gasteiger partial charge in [-0.1, -0.05) is 13.8 Å². The van der Waals surface area contributed by atoms with Gasteiger partial charge < -0.3 is 4.84 Å². The maximum Gasteiger partial charge on any atom is 0.439 e. The molecule has 0 aliphatic heterocycles. The number of carbonyl (C=O) groups excluding carboxylic acids is 1. The molecule has 0 atom stereocenters. The van der Waals surface area contributed by atoms with Gasteiger partial charge >= 0.3 is 6.47 Å². The van der Waals surface area contributed by atoms with Crippen LogP contribution in [0.1, 0.15) is 26.7 Å². The maximum absolute atomic E-state index is 9.50. The van der Waals surface area contributed by atoms with Gasteiger partial charge in [0.2, 0.25) is 0 Å². The summed E-state index contributed by atoms with van der Waals surface area (Å²) in [7, 11) is 0. The van der Waals surface area contributed by atoms with Gasteiger partial charge in [0.25, 0.3) is 0 Å². The van der Waals surface area contributed by atoms with Crippen molar-refractivity contribution in [2.24, 2.45) is 0 Å². The lowest BCUT2D eigenvalue weighted by molar-refractivity contribution is 0.118. The molecule has 0 aromatic carbocycles. The Hall–Kier alpha value is -0.570. The minimum absolute atomic E-state index is 0.145. The number of nitrogens with zero attached hydrogens (tertiary/aromatic N) is 1. The molecule has 0 unspecified atom stereocenters. The summed E-state index contributed by atoms with van der Waals surface area (Å²) in [4.78, 5) is 13.6. The van der Waals surface area contributed by atoms with Gasteiger partial charge in [0.1, 0.15) is 0 Å². The summed E-state index contributed by atoms with van der Waals surface area (Å²) in [5.41, 5.74) is 3.56. The predicted molar refractivity (Wildman–Crippen MR) is 33.3 cm³/mol. The minimum Gasteiger partial charge on any atom is -0.340 e. The van der Waals surface area contributed by atoms with Crippen molar-refractivity contribution < 1.29 is 9.63 Å². The Bertz CT molecular complexity index is 71.5. The highest BCUT2D eigenvalue weighted by Crippen LogP contribution is 1.96. The summed E-state index contributed by atoms with van der Waals surface area (Å²) in [6.07, 6.45) is 1.80. The average molecular weight is 129 g/mol. The summed E-state index contributed by atoms with van der Waals surface area (Å²) < 4.78 is 0. The van der Waals surface area contributed by atoms with Crippen LogP contribution in [0.3, 0.4) is 0 Å². The van der Waals surface area contributed by atoms with Crippen molar-refractivity contribution in [3.05, 3.63) is 0 Å². The first-order chi connectivity index (χ1) is 4.35. The lowest BCUT2D eigenvalue weighted by atomic mass is 10.2. The normalized spacial score (nSPS) is 9.67. The molecule has 2 radical (unpaired) electrons. The SMILES string of the molecule is CCC(CC)[N]O[C]=O. The highest BCUT2D eigenvalue weighted by atomic mass is 16.7. The van der Waals surface area contributed by atoms with Gasteiger partial charge in [-0.3, -0.25) is 0 Å². The van der Waals surface area contributed by atoms with Gasteiger partial charge in [0.15, 0.2) is 0 Å². The fourth-order valence-corrected chi connectivity index (χ4v) is 0.534. The van der Waals surface area contributed by atoms with Crippen molar-refractivity contribution in [2.45, 2.75) is 32.7 Å². The molecule has 0 amide bonds. The van der Waals surface area contributed by atoms with Gasteiger partial charge in [-0.15, -0.1) is 0 Å². The van der Waals surface area contributed by atoms with E-state index in [4.69, 9.17) is 0 Å². The number of rotatable bonds is 5. The highest BCUT2D eigenvalue weighted by molar-refractivity contribution is 5.37. The fraction of sp³-hybridized carbons (Fsp3) is 0.833. The molecule has 0 N–H and O–H groups in total. The molecule has 3 heteroatoms. The zero-order valence-corrected chi connectivity index (χ0v) is 5.76. The highest BCUT2D eigenvalue weighted by Gasteiger charge is 2.03. The summed E-state index contributed by atoms with van der Waals surface area (Å²) >= 11 is 0. The van der Waals surface area contributed by atoms with E-state index in [0.717, 1.165) is 12.8 Å². The van der Waals surface area contributed by atoms with Crippen LogP contribution in [-0.2, 0) is 9.63 Å². The summed E-state index contributed by atoms with van der Waals surface area (Å²) in [5, 5.41) is 0. The van der Waals surface area contributed by atoms with Crippen molar-refractivity contribution in [2.75, 3.05) is 0 Å². The summed E-state index contributed by atoms with van der Waals surface area (Å²) in [6.45, 7) is 5.23. The summed E-state index contributed by atoms with van der Waals surface area (Å²) in [6, 6.07) is 0.145. The Morgan fingerprint density at radius 1 is 1.56 bits per heavy atom. The molecule has 9 heavy (non-hydrogen) atoms. The van der Waals surface area contributed by atoms with Gasteiger partial charge in [-0.25, -0.2) is 4.79 Å². The molecule has 0 saturated heterocycles. The zero-order valence-electron chi connectivity index (χ0n) is 5.76. The molecule has 0 fully saturated rings. The number of hydroxylamine groups is 1. The van der Waals surface area contributed by atoms with Crippen LogP contribution < -0.4 is 5.48 Å². The van der Waals surface area contributed by atoms with E-state index in [-0.39, 0.29) is 6.04 Å². The molecule has 52 valence electrons. The van der Waals surface area contributed by atoms with E-state index in [9.17, 15) is 4.79 Å². The summed E-state index contributed by atoms with van der Waals surface area (Å²) in [5.74, 6) is 0. The first-order valence-electron chi connectivity index (χ1n) is 3.08. The van der Waals surface area contributed by atoms with Crippen molar-refractivity contribution in [3.63, 3.8) is 0 Å². The molecule has 0 aromatic heterocycles. The van der Waals surface area contributed by atoms with Crippen LogP contribution in [0.4, 0.5) is 0 Å². The fourth-order valence-electron chi connectivity index (χ4n) is 0.534. The Kier molecular flexibility index (Phi) is 5.21. The monoisotopic (exact) mass is 129 g/mol. The van der Waals surface area contributed by atoms with Crippen LogP contribution >= 0.6 is 0 Å². The third-order valence-electron chi connectivity index (χ3n) is 1.18. The van der Waals surface area contributed by atoms with Gasteiger partial charge in [0, 0.05) is 0 Å². The zero-order chi connectivity index (χ0) is 7.11. The molecule has 0 saturated carbocycles. The molecule has 0 heterocycles. The second-order valence-corrected chi connectivity index (χ2v) is 1.75. The first kappa shape index (κ1) is 8.43. The van der Waals surface area contributed by atoms with E-state index in [1.165, 1.54) is 6.47 Å². The van der Waals surface area contributed by atoms with Gasteiger partial charge in [-0.05, 0) is 18.3 Å². The Balaban J connectivity index is 3.19. The Labute approximate surface area is 55.3 Å². The van der Waals surface area contributed by atoms with E-state index in [2.05, 4.69) is 10.3 Å². The smallest absolute Gasteiger partial charge is 0.340 e. The van der Waals surface area contributed by atoms with Crippen LogP contribution in [0.15, 0.2) is 0 Å². The van der Waals surface area contributed by atoms with Crippen molar-refractivity contribution >= 4 is 6.47 Å². The average Bonchev–Trinajstić information content (AvgIpc) is 1.91. The van der Waals surface area contributed by atoms with Crippen molar-refractivity contribution in [3.8, 4) is 0 Å². The van der Waals surface area contributed by atoms with Crippen LogP contribution in [-0.4, -0.2) is 12.5 Å². The van der Waals surface area contributed by atoms with E-state index in [1.54, 1.807) is 0 Å². The Morgan fingerprint density at radius 3 is 2.44 bits per heavy atom. The number of hydrogen-bond donors (Lipinski definition) is 0. The molecule has 0 bridgehead atoms. The third kappa shape index (κ3) is 3.97. The maximum atomic E-state index is 9.50. The minimum atomic E-state index is 0.145. The van der Waals surface area contributed by atoms with E-state index < -0.39 is 0 Å². The van der Waals surface area contributed by atoms with Gasteiger partial charge in [-0.2, -0.15) is 0 Å². The van der Waals surface area contributed by atoms with Crippen LogP contribution in [0.2, 0.25) is 0 Å². The van der Waals surface area contributed by atoms with Crippen LogP contribution in [0, 0.1) is 0 Å². The molecule has 0 spiro atoms. The van der Waals surface area contributed by atoms with E-state index >= 15 is 0 Å². The van der Waals surface area contributed by atoms with E-state index in [0.29, 0.717) is 0 Å². The molecule has 0 rings (SSSR count). The molecule has 0 aromatic rings. The first-order valence-corrected chi connectivity index (χ1v) is 3.08. The molecular weight excluding hydrogens is 118 g/mol. The van der Waals surface area contributed by atoms with Crippen molar-refractivity contribution in [1.29, 1.82) is 0 Å². The standard InChI is InChI=1S/C6H11NO2/c1-3-6(4-2)7-9-5-8/h6H,3-4H2,1-2H3. The third-order valence-corrected chi connectivity index (χ3v) is 1.18.